The van der Waals surface area contributed by atoms with Crippen LogP contribution in [-0.4, -0.2) is 15.0 Å². The molecule has 0 spiro atoms. The molecule has 0 amide bonds. The van der Waals surface area contributed by atoms with Crippen molar-refractivity contribution in [3.05, 3.63) is 76.7 Å². The summed E-state index contributed by atoms with van der Waals surface area (Å²) in [5.41, 5.74) is 2.75. The van der Waals surface area contributed by atoms with Crippen LogP contribution < -0.4 is 4.72 Å². The lowest BCUT2D eigenvalue weighted by Gasteiger charge is -2.10. The van der Waals surface area contributed by atoms with Gasteiger partial charge in [-0.1, -0.05) is 54.6 Å². The van der Waals surface area contributed by atoms with Gasteiger partial charge in [0.2, 0.25) is 10.0 Å². The molecule has 0 fully saturated rings. The fourth-order valence-corrected chi connectivity index (χ4v) is 2.83. The summed E-state index contributed by atoms with van der Waals surface area (Å²) >= 11 is 0. The lowest BCUT2D eigenvalue weighted by Crippen LogP contribution is -2.21. The van der Waals surface area contributed by atoms with Crippen LogP contribution in [0, 0.1) is 0 Å². The Hall–Kier alpha value is -1.95. The molecule has 2 aromatic rings. The summed E-state index contributed by atoms with van der Waals surface area (Å²) in [5.74, 6) is 0. The molecule has 4 nitrogen and oxygen atoms in total. The first-order valence-corrected chi connectivity index (χ1v) is 9.02. The Morgan fingerprint density at radius 2 is 1.65 bits per heavy atom. The largest absolute Gasteiger partial charge is 0.377 e. The van der Waals surface area contributed by atoms with Crippen LogP contribution in [0.3, 0.4) is 0 Å². The summed E-state index contributed by atoms with van der Waals surface area (Å²) in [4.78, 5) is 0. The molecule has 0 aliphatic heterocycles. The molecule has 0 unspecified atom stereocenters. The van der Waals surface area contributed by atoms with Crippen LogP contribution in [0.4, 0.5) is 0 Å². The molecule has 2 aromatic carbocycles. The second kappa shape index (κ2) is 8.62. The van der Waals surface area contributed by atoms with Crippen molar-refractivity contribution < 1.29 is 13.2 Å². The minimum absolute atomic E-state index is 0.241. The minimum atomic E-state index is -3.49. The maximum absolute atomic E-state index is 12.1. The highest BCUT2D eigenvalue weighted by molar-refractivity contribution is 7.92. The molecule has 23 heavy (non-hydrogen) atoms. The first-order chi connectivity index (χ1) is 11.1. The Labute approximate surface area is 137 Å². The first-order valence-electron chi connectivity index (χ1n) is 7.48. The van der Waals surface area contributed by atoms with E-state index in [9.17, 15) is 8.42 Å². The van der Waals surface area contributed by atoms with E-state index in [2.05, 4.69) is 4.72 Å². The van der Waals surface area contributed by atoms with Crippen LogP contribution in [0.5, 0.6) is 0 Å². The number of hydrogen-bond acceptors (Lipinski definition) is 3. The highest BCUT2D eigenvalue weighted by atomic mass is 32.2. The van der Waals surface area contributed by atoms with Gasteiger partial charge in [-0.25, -0.2) is 13.1 Å². The molecule has 0 atom stereocenters. The van der Waals surface area contributed by atoms with Gasteiger partial charge in [0.15, 0.2) is 0 Å². The molecule has 5 heteroatoms. The molecule has 0 heterocycles. The van der Waals surface area contributed by atoms with Crippen LogP contribution in [0.2, 0.25) is 0 Å². The van der Waals surface area contributed by atoms with E-state index >= 15 is 0 Å². The zero-order valence-electron chi connectivity index (χ0n) is 13.1. The van der Waals surface area contributed by atoms with Crippen molar-refractivity contribution >= 4 is 16.1 Å². The highest BCUT2D eigenvalue weighted by Crippen LogP contribution is 2.11. The predicted molar refractivity (Wildman–Crippen MR) is 93.0 cm³/mol. The fraction of sp³-hybridized carbons (Fsp3) is 0.222. The van der Waals surface area contributed by atoms with Gasteiger partial charge in [0.1, 0.15) is 0 Å². The zero-order chi connectivity index (χ0) is 16.5. The first kappa shape index (κ1) is 17.4. The Balaban J connectivity index is 2.01. The van der Waals surface area contributed by atoms with Gasteiger partial charge in [-0.3, -0.25) is 0 Å². The average Bonchev–Trinajstić information content (AvgIpc) is 2.58. The molecular weight excluding hydrogens is 310 g/mol. The van der Waals surface area contributed by atoms with Crippen LogP contribution in [0.15, 0.2) is 60.0 Å². The molecule has 0 radical (unpaired) electrons. The Morgan fingerprint density at radius 1 is 1.00 bits per heavy atom. The summed E-state index contributed by atoms with van der Waals surface area (Å²) in [6.45, 7) is 3.28. The molecule has 0 bridgehead atoms. The number of sulfonamides is 1. The third kappa shape index (κ3) is 5.98. The normalized spacial score (nSPS) is 11.9. The summed E-state index contributed by atoms with van der Waals surface area (Å²) in [6.07, 6.45) is 1.58. The topological polar surface area (TPSA) is 55.4 Å². The van der Waals surface area contributed by atoms with Gasteiger partial charge in [0.05, 0.1) is 6.61 Å². The highest BCUT2D eigenvalue weighted by Gasteiger charge is 2.07. The van der Waals surface area contributed by atoms with E-state index in [-0.39, 0.29) is 6.54 Å². The van der Waals surface area contributed by atoms with E-state index in [4.69, 9.17) is 4.74 Å². The standard InChI is InChI=1S/C18H21NO3S/c1-2-22-15-18-11-7-6-10-17(18)14-19-23(20,21)13-12-16-8-4-3-5-9-16/h3-13,19H,2,14-15H2,1H3/b13-12+. The van der Waals surface area contributed by atoms with Gasteiger partial charge in [-0.05, 0) is 29.7 Å². The zero-order valence-corrected chi connectivity index (χ0v) is 13.9. The SMILES string of the molecule is CCOCc1ccccc1CNS(=O)(=O)/C=C/c1ccccc1. The van der Waals surface area contributed by atoms with Gasteiger partial charge in [0, 0.05) is 18.6 Å². The van der Waals surface area contributed by atoms with Crippen molar-refractivity contribution in [3.8, 4) is 0 Å². The van der Waals surface area contributed by atoms with E-state index in [1.54, 1.807) is 6.08 Å². The molecular formula is C18H21NO3S. The molecule has 122 valence electrons. The molecule has 0 aliphatic carbocycles. The van der Waals surface area contributed by atoms with E-state index in [0.717, 1.165) is 16.7 Å². The minimum Gasteiger partial charge on any atom is -0.377 e. The monoisotopic (exact) mass is 331 g/mol. The van der Waals surface area contributed by atoms with Crippen molar-refractivity contribution in [1.29, 1.82) is 0 Å². The number of ether oxygens (including phenoxy) is 1. The van der Waals surface area contributed by atoms with Crippen LogP contribution in [0.25, 0.3) is 6.08 Å². The van der Waals surface area contributed by atoms with Crippen LogP contribution in [-0.2, 0) is 27.9 Å². The van der Waals surface area contributed by atoms with Crippen molar-refractivity contribution in [2.45, 2.75) is 20.1 Å². The van der Waals surface area contributed by atoms with Gasteiger partial charge in [-0.15, -0.1) is 0 Å². The summed E-state index contributed by atoms with van der Waals surface area (Å²) in [7, 11) is -3.49. The maximum Gasteiger partial charge on any atom is 0.234 e. The Bertz CT molecular complexity index is 740. The maximum atomic E-state index is 12.1. The van der Waals surface area contributed by atoms with Gasteiger partial charge in [0.25, 0.3) is 0 Å². The number of hydrogen-bond donors (Lipinski definition) is 1. The third-order valence-electron chi connectivity index (χ3n) is 3.28. The van der Waals surface area contributed by atoms with E-state index in [0.29, 0.717) is 13.2 Å². The Morgan fingerprint density at radius 3 is 2.35 bits per heavy atom. The number of benzene rings is 2. The fourth-order valence-electron chi connectivity index (χ4n) is 2.04. The molecule has 0 saturated carbocycles. The molecule has 0 aliphatic rings. The van der Waals surface area contributed by atoms with Gasteiger partial charge >= 0.3 is 0 Å². The summed E-state index contributed by atoms with van der Waals surface area (Å²) < 4.78 is 32.1. The van der Waals surface area contributed by atoms with Crippen molar-refractivity contribution in [2.75, 3.05) is 6.61 Å². The van der Waals surface area contributed by atoms with Crippen LogP contribution in [0.1, 0.15) is 23.6 Å². The van der Waals surface area contributed by atoms with Crippen molar-refractivity contribution in [2.24, 2.45) is 0 Å². The predicted octanol–water partition coefficient (Wildman–Crippen LogP) is 3.31. The van der Waals surface area contributed by atoms with Crippen molar-refractivity contribution in [1.82, 2.24) is 4.72 Å². The second-order valence-electron chi connectivity index (χ2n) is 4.99. The molecule has 2 rings (SSSR count). The second-order valence-corrected chi connectivity index (χ2v) is 6.64. The average molecular weight is 331 g/mol. The smallest absolute Gasteiger partial charge is 0.234 e. The lowest BCUT2D eigenvalue weighted by molar-refractivity contribution is 0.133. The van der Waals surface area contributed by atoms with E-state index in [1.807, 2.05) is 61.5 Å². The number of nitrogens with one attached hydrogen (secondary N) is 1. The van der Waals surface area contributed by atoms with E-state index in [1.165, 1.54) is 5.41 Å². The number of rotatable bonds is 8. The molecule has 0 saturated heterocycles. The third-order valence-corrected chi connectivity index (χ3v) is 4.32. The lowest BCUT2D eigenvalue weighted by atomic mass is 10.1. The van der Waals surface area contributed by atoms with Gasteiger partial charge in [-0.2, -0.15) is 0 Å². The quantitative estimate of drug-likeness (QED) is 0.807. The van der Waals surface area contributed by atoms with Crippen molar-refractivity contribution in [3.63, 3.8) is 0 Å². The van der Waals surface area contributed by atoms with E-state index < -0.39 is 10.0 Å². The molecule has 1 N–H and O–H groups in total. The Kier molecular flexibility index (Phi) is 6.52. The molecule has 0 aromatic heterocycles. The van der Waals surface area contributed by atoms with Gasteiger partial charge < -0.3 is 4.74 Å². The summed E-state index contributed by atoms with van der Waals surface area (Å²) in [5, 5.41) is 1.19. The van der Waals surface area contributed by atoms with Crippen LogP contribution >= 0.6 is 0 Å². The summed E-state index contributed by atoms with van der Waals surface area (Å²) in [6, 6.07) is 17.0.